The van der Waals surface area contributed by atoms with Crippen LogP contribution in [-0.4, -0.2) is 25.0 Å². The van der Waals surface area contributed by atoms with Crippen LogP contribution in [0.3, 0.4) is 0 Å². The second kappa shape index (κ2) is 2.31. The van der Waals surface area contributed by atoms with Crippen molar-refractivity contribution in [1.29, 1.82) is 0 Å². The van der Waals surface area contributed by atoms with Crippen LogP contribution in [0.15, 0.2) is 0 Å². The largest absolute Gasteiger partial charge is 0.306 e. The van der Waals surface area contributed by atoms with E-state index >= 15 is 0 Å². The van der Waals surface area contributed by atoms with Crippen LogP contribution in [0.5, 0.6) is 0 Å². The Morgan fingerprint density at radius 3 is 2.71 bits per heavy atom. The van der Waals surface area contributed by atoms with Gasteiger partial charge in [0.15, 0.2) is 0 Å². The summed E-state index contributed by atoms with van der Waals surface area (Å²) in [6.07, 6.45) is 2.50. The highest BCUT2D eigenvalue weighted by atomic mass is 15.1. The molecule has 0 aromatic rings. The van der Waals surface area contributed by atoms with E-state index in [1.807, 2.05) is 0 Å². The Balaban J connectivity index is 2.23. The zero-order valence-electron chi connectivity index (χ0n) is 5.85. The molecule has 0 aromatic carbocycles. The van der Waals surface area contributed by atoms with Crippen LogP contribution in [0.4, 0.5) is 0 Å². The molecule has 1 heterocycles. The highest BCUT2D eigenvalue weighted by Gasteiger charge is 2.02. The van der Waals surface area contributed by atoms with Gasteiger partial charge in [-0.3, -0.25) is 0 Å². The first-order chi connectivity index (χ1) is 3.79. The van der Waals surface area contributed by atoms with Crippen molar-refractivity contribution < 1.29 is 1.37 Å². The fraction of sp³-hybridized carbons (Fsp3) is 1.00. The molecular weight excluding hydrogens is 86.1 g/mol. The normalized spacial score (nSPS) is 37.9. The summed E-state index contributed by atoms with van der Waals surface area (Å²) in [5.74, 6) is 0. The van der Waals surface area contributed by atoms with Crippen molar-refractivity contribution in [3.63, 3.8) is 0 Å². The maximum atomic E-state index is 7.36. The molecule has 0 amide bonds. The molecule has 0 bridgehead atoms. The summed E-state index contributed by atoms with van der Waals surface area (Å²) in [6.45, 7) is 2.16. The molecule has 0 spiro atoms. The number of hydrogen-bond acceptors (Lipinski definition) is 1. The minimum Gasteiger partial charge on any atom is -0.306 e. The number of piperidine rings is 1. The van der Waals surface area contributed by atoms with Crippen molar-refractivity contribution in [2.24, 2.45) is 0 Å². The fourth-order valence-corrected chi connectivity index (χ4v) is 0.909. The lowest BCUT2D eigenvalue weighted by atomic mass is 10.1. The van der Waals surface area contributed by atoms with Gasteiger partial charge in [0.1, 0.15) is 0 Å². The lowest BCUT2D eigenvalue weighted by molar-refractivity contribution is 0.277. The van der Waals surface area contributed by atoms with Crippen molar-refractivity contribution in [3.05, 3.63) is 0 Å². The molecule has 42 valence electrons. The van der Waals surface area contributed by atoms with Gasteiger partial charge in [-0.1, -0.05) is 6.42 Å². The summed E-state index contributed by atoms with van der Waals surface area (Å²) in [6, 6.07) is 0. The van der Waals surface area contributed by atoms with E-state index in [0.717, 1.165) is 13.0 Å². The zero-order valence-corrected chi connectivity index (χ0v) is 4.85. The van der Waals surface area contributed by atoms with Crippen LogP contribution < -0.4 is 0 Å². The van der Waals surface area contributed by atoms with Gasteiger partial charge in [-0.05, 0) is 33.0 Å². The molecular formula is C6H13N. The Morgan fingerprint density at radius 1 is 1.43 bits per heavy atom. The zero-order chi connectivity index (χ0) is 5.98. The molecule has 1 atom stereocenters. The van der Waals surface area contributed by atoms with Crippen molar-refractivity contribution in [2.45, 2.75) is 19.2 Å². The molecule has 0 saturated carbocycles. The van der Waals surface area contributed by atoms with Crippen LogP contribution in [0.1, 0.15) is 20.6 Å². The standard InChI is InChI=1S/C6H13N/c1-7-5-3-2-4-6-7/h2-6H2,1H3/i3D. The lowest BCUT2D eigenvalue weighted by Crippen LogP contribution is -2.24. The van der Waals surface area contributed by atoms with E-state index in [4.69, 9.17) is 1.37 Å². The predicted octanol–water partition coefficient (Wildman–Crippen LogP) is 1.10. The van der Waals surface area contributed by atoms with E-state index in [2.05, 4.69) is 11.9 Å². The molecule has 1 aliphatic rings. The van der Waals surface area contributed by atoms with E-state index in [1.165, 1.54) is 13.0 Å². The molecule has 1 fully saturated rings. The third-order valence-electron chi connectivity index (χ3n) is 1.39. The Hall–Kier alpha value is -0.0400. The SMILES string of the molecule is [2H]C1CCCN(C)C1. The summed E-state index contributed by atoms with van der Waals surface area (Å²) in [4.78, 5) is 2.22. The van der Waals surface area contributed by atoms with Crippen LogP contribution in [0.2, 0.25) is 0 Å². The smallest absolute Gasteiger partial charge is 0.0280 e. The second-order valence-electron chi connectivity index (χ2n) is 2.19. The van der Waals surface area contributed by atoms with Gasteiger partial charge < -0.3 is 4.90 Å². The van der Waals surface area contributed by atoms with Crippen molar-refractivity contribution >= 4 is 0 Å². The van der Waals surface area contributed by atoms with Crippen molar-refractivity contribution in [1.82, 2.24) is 4.90 Å². The number of nitrogens with zero attached hydrogens (tertiary/aromatic N) is 1. The predicted molar refractivity (Wildman–Crippen MR) is 31.3 cm³/mol. The molecule has 0 radical (unpaired) electrons. The molecule has 0 aromatic heterocycles. The molecule has 1 heteroatoms. The second-order valence-corrected chi connectivity index (χ2v) is 2.19. The minimum absolute atomic E-state index is 0.189. The van der Waals surface area contributed by atoms with Crippen LogP contribution in [0, 0.1) is 0 Å². The number of rotatable bonds is 0. The van der Waals surface area contributed by atoms with Crippen molar-refractivity contribution in [2.75, 3.05) is 20.1 Å². The summed E-state index contributed by atoms with van der Waals surface area (Å²) < 4.78 is 7.36. The van der Waals surface area contributed by atoms with Gasteiger partial charge in [-0.2, -0.15) is 0 Å². The number of hydrogen-bond donors (Lipinski definition) is 0. The van der Waals surface area contributed by atoms with Crippen LogP contribution in [-0.2, 0) is 0 Å². The Labute approximate surface area is 46.7 Å². The first-order valence-corrected chi connectivity index (χ1v) is 2.90. The van der Waals surface area contributed by atoms with Gasteiger partial charge in [0.05, 0.1) is 0 Å². The van der Waals surface area contributed by atoms with E-state index in [-0.39, 0.29) is 6.40 Å². The van der Waals surface area contributed by atoms with Crippen molar-refractivity contribution in [3.8, 4) is 0 Å². The first-order valence-electron chi connectivity index (χ1n) is 3.47. The number of likely N-dealkylation sites (tertiary alicyclic amines) is 1. The highest BCUT2D eigenvalue weighted by Crippen LogP contribution is 2.04. The van der Waals surface area contributed by atoms with E-state index < -0.39 is 0 Å². The van der Waals surface area contributed by atoms with Gasteiger partial charge in [-0.25, -0.2) is 0 Å². The average molecular weight is 100 g/mol. The monoisotopic (exact) mass is 100 g/mol. The molecule has 1 nitrogen and oxygen atoms in total. The molecule has 1 rings (SSSR count). The topological polar surface area (TPSA) is 3.24 Å². The Kier molecular flexibility index (Phi) is 1.29. The summed E-state index contributed by atoms with van der Waals surface area (Å²) in [7, 11) is 2.08. The first kappa shape index (κ1) is 3.90. The third kappa shape index (κ3) is 1.48. The summed E-state index contributed by atoms with van der Waals surface area (Å²) in [5, 5.41) is 0. The van der Waals surface area contributed by atoms with Gasteiger partial charge in [-0.15, -0.1) is 0 Å². The molecule has 0 N–H and O–H groups in total. The molecule has 7 heavy (non-hydrogen) atoms. The maximum absolute atomic E-state index is 7.36. The van der Waals surface area contributed by atoms with Gasteiger partial charge in [0, 0.05) is 1.37 Å². The fourth-order valence-electron chi connectivity index (χ4n) is 0.909. The third-order valence-corrected chi connectivity index (χ3v) is 1.39. The summed E-state index contributed by atoms with van der Waals surface area (Å²) >= 11 is 0. The molecule has 1 saturated heterocycles. The van der Waals surface area contributed by atoms with Gasteiger partial charge in [0.2, 0.25) is 0 Å². The van der Waals surface area contributed by atoms with Crippen LogP contribution in [0.25, 0.3) is 0 Å². The van der Waals surface area contributed by atoms with E-state index in [9.17, 15) is 0 Å². The molecule has 0 aliphatic carbocycles. The van der Waals surface area contributed by atoms with E-state index in [1.54, 1.807) is 0 Å². The van der Waals surface area contributed by atoms with Gasteiger partial charge in [0.25, 0.3) is 0 Å². The minimum atomic E-state index is 0.189. The molecule has 1 unspecified atom stereocenters. The van der Waals surface area contributed by atoms with E-state index in [0.29, 0.717) is 0 Å². The highest BCUT2D eigenvalue weighted by molar-refractivity contribution is 4.58. The Bertz CT molecular complexity index is 66.9. The average Bonchev–Trinajstić information content (AvgIpc) is 1.64. The quantitative estimate of drug-likeness (QED) is 0.440. The lowest BCUT2D eigenvalue weighted by Gasteiger charge is -2.20. The maximum Gasteiger partial charge on any atom is 0.0280 e. The summed E-state index contributed by atoms with van der Waals surface area (Å²) in [5.41, 5.74) is 0. The van der Waals surface area contributed by atoms with Gasteiger partial charge >= 0.3 is 0 Å². The van der Waals surface area contributed by atoms with Crippen LogP contribution >= 0.6 is 0 Å². The molecule has 1 aliphatic heterocycles. The Morgan fingerprint density at radius 2 is 2.29 bits per heavy atom.